The summed E-state index contributed by atoms with van der Waals surface area (Å²) in [7, 11) is 0. The first-order valence-corrected chi connectivity index (χ1v) is 6.73. The van der Waals surface area contributed by atoms with Crippen LogP contribution in [0.1, 0.15) is 31.4 Å². The summed E-state index contributed by atoms with van der Waals surface area (Å²) in [4.78, 5) is 17.0. The van der Waals surface area contributed by atoms with E-state index in [0.29, 0.717) is 12.2 Å². The lowest BCUT2D eigenvalue weighted by atomic mass is 9.82. The van der Waals surface area contributed by atoms with Crippen LogP contribution >= 0.6 is 0 Å². The molecule has 0 aliphatic carbocycles. The third kappa shape index (κ3) is 2.90. The van der Waals surface area contributed by atoms with Gasteiger partial charge in [-0.05, 0) is 31.5 Å². The molecular formula is C15H18N2O4. The van der Waals surface area contributed by atoms with E-state index in [-0.39, 0.29) is 13.0 Å². The quantitative estimate of drug-likeness (QED) is 0.855. The van der Waals surface area contributed by atoms with E-state index in [4.69, 9.17) is 14.8 Å². The molecule has 0 radical (unpaired) electrons. The number of nitriles is 1. The largest absolute Gasteiger partial charge is 0.479 e. The molecule has 0 bridgehead atoms. The normalized spacial score (nSPS) is 28.2. The van der Waals surface area contributed by atoms with Crippen molar-refractivity contribution < 1.29 is 19.5 Å². The Balaban J connectivity index is 2.29. The molecule has 2 N–H and O–H groups in total. The number of carboxylic acids is 1. The van der Waals surface area contributed by atoms with Crippen molar-refractivity contribution in [2.24, 2.45) is 0 Å². The van der Waals surface area contributed by atoms with Gasteiger partial charge in [-0.3, -0.25) is 4.84 Å². The molecule has 2 atom stereocenters. The second-order valence-electron chi connectivity index (χ2n) is 5.34. The van der Waals surface area contributed by atoms with Gasteiger partial charge < -0.3 is 9.84 Å². The Morgan fingerprint density at radius 3 is 3.00 bits per heavy atom. The minimum Gasteiger partial charge on any atom is -0.479 e. The van der Waals surface area contributed by atoms with E-state index >= 15 is 0 Å². The summed E-state index contributed by atoms with van der Waals surface area (Å²) in [6.07, 6.45) is 0.213. The number of hydrogen-bond donors (Lipinski definition) is 2. The van der Waals surface area contributed by atoms with E-state index in [1.165, 1.54) is 0 Å². The smallest absolute Gasteiger partial charge is 0.340 e. The van der Waals surface area contributed by atoms with Crippen LogP contribution in [0.3, 0.4) is 0 Å². The molecule has 1 heterocycles. The number of carboxylic acid groups (broad SMARTS) is 1. The first-order chi connectivity index (χ1) is 9.96. The Labute approximate surface area is 123 Å². The van der Waals surface area contributed by atoms with E-state index < -0.39 is 17.1 Å². The van der Waals surface area contributed by atoms with Crippen molar-refractivity contribution in [1.29, 1.82) is 5.26 Å². The Hall–Kier alpha value is -1.94. The van der Waals surface area contributed by atoms with E-state index in [0.717, 1.165) is 5.56 Å². The van der Waals surface area contributed by atoms with E-state index in [1.807, 2.05) is 13.0 Å². The summed E-state index contributed by atoms with van der Waals surface area (Å²) in [5.74, 6) is -1.07. The molecule has 1 aliphatic heterocycles. The zero-order valence-corrected chi connectivity index (χ0v) is 12.0. The number of hydrogen-bond acceptors (Lipinski definition) is 5. The van der Waals surface area contributed by atoms with Crippen LogP contribution < -0.4 is 5.48 Å². The summed E-state index contributed by atoms with van der Waals surface area (Å²) >= 11 is 0. The van der Waals surface area contributed by atoms with Crippen LogP contribution in [-0.2, 0) is 19.9 Å². The zero-order chi connectivity index (χ0) is 15.5. The summed E-state index contributed by atoms with van der Waals surface area (Å²) in [5.41, 5.74) is 2.02. The number of benzene rings is 1. The number of aliphatic carboxylic acids is 1. The highest BCUT2D eigenvalue weighted by Crippen LogP contribution is 2.38. The number of rotatable bonds is 5. The monoisotopic (exact) mass is 290 g/mol. The fraction of sp³-hybridized carbons (Fsp3) is 0.467. The molecule has 1 aromatic carbocycles. The van der Waals surface area contributed by atoms with Crippen LogP contribution in [0.2, 0.25) is 0 Å². The third-order valence-corrected chi connectivity index (χ3v) is 3.67. The van der Waals surface area contributed by atoms with Crippen molar-refractivity contribution in [2.45, 2.75) is 31.4 Å². The van der Waals surface area contributed by atoms with Crippen LogP contribution in [0.25, 0.3) is 0 Å². The molecule has 0 amide bonds. The Morgan fingerprint density at radius 2 is 2.38 bits per heavy atom. The molecule has 1 aromatic rings. The molecule has 0 aromatic heterocycles. The lowest BCUT2D eigenvalue weighted by Crippen LogP contribution is -2.44. The predicted molar refractivity (Wildman–Crippen MR) is 74.2 cm³/mol. The van der Waals surface area contributed by atoms with Crippen molar-refractivity contribution >= 4 is 5.97 Å². The highest BCUT2D eigenvalue weighted by molar-refractivity contribution is 5.78. The van der Waals surface area contributed by atoms with Gasteiger partial charge in [0.1, 0.15) is 0 Å². The van der Waals surface area contributed by atoms with Gasteiger partial charge in [0, 0.05) is 13.0 Å². The zero-order valence-electron chi connectivity index (χ0n) is 12.0. The summed E-state index contributed by atoms with van der Waals surface area (Å²) < 4.78 is 5.26. The molecule has 21 heavy (non-hydrogen) atoms. The Morgan fingerprint density at radius 1 is 1.62 bits per heavy atom. The highest BCUT2D eigenvalue weighted by Gasteiger charge is 2.53. The van der Waals surface area contributed by atoms with Crippen molar-refractivity contribution in [3.8, 4) is 6.07 Å². The average molecular weight is 290 g/mol. The topological polar surface area (TPSA) is 91.6 Å². The van der Waals surface area contributed by atoms with Crippen LogP contribution in [0, 0.1) is 11.3 Å². The molecule has 6 nitrogen and oxygen atoms in total. The third-order valence-electron chi connectivity index (χ3n) is 3.67. The van der Waals surface area contributed by atoms with Crippen molar-refractivity contribution in [2.75, 3.05) is 13.2 Å². The van der Waals surface area contributed by atoms with Gasteiger partial charge in [-0.1, -0.05) is 12.1 Å². The van der Waals surface area contributed by atoms with Gasteiger partial charge in [-0.25, -0.2) is 4.79 Å². The van der Waals surface area contributed by atoms with Crippen molar-refractivity contribution in [3.05, 3.63) is 35.4 Å². The Bertz CT molecular complexity index is 583. The standard InChI is InChI=1S/C15H18N2O4/c1-3-20-10-15(13(18)19)9-14(2,17-21-15)12-6-4-5-11(7-12)8-16/h4-7,17H,3,9-10H2,1-2H3,(H,18,19). The summed E-state index contributed by atoms with van der Waals surface area (Å²) in [6, 6.07) is 9.12. The molecule has 2 rings (SSSR count). The first kappa shape index (κ1) is 15.4. The number of ether oxygens (including phenoxy) is 1. The van der Waals surface area contributed by atoms with Gasteiger partial charge in [0.15, 0.2) is 0 Å². The number of carbonyl (C=O) groups is 1. The Kier molecular flexibility index (Phi) is 4.28. The van der Waals surface area contributed by atoms with Crippen LogP contribution in [0.4, 0.5) is 0 Å². The maximum absolute atomic E-state index is 11.6. The van der Waals surface area contributed by atoms with E-state index in [2.05, 4.69) is 11.5 Å². The first-order valence-electron chi connectivity index (χ1n) is 6.73. The second kappa shape index (κ2) is 5.82. The summed E-state index contributed by atoms with van der Waals surface area (Å²) in [5, 5.41) is 18.5. The number of hydroxylamine groups is 1. The lowest BCUT2D eigenvalue weighted by Gasteiger charge is -2.25. The van der Waals surface area contributed by atoms with Crippen molar-refractivity contribution in [3.63, 3.8) is 0 Å². The fourth-order valence-electron chi connectivity index (χ4n) is 2.47. The molecule has 1 fully saturated rings. The lowest BCUT2D eigenvalue weighted by molar-refractivity contribution is -0.175. The maximum atomic E-state index is 11.6. The molecule has 0 saturated carbocycles. The molecule has 0 spiro atoms. The van der Waals surface area contributed by atoms with Gasteiger partial charge in [0.25, 0.3) is 0 Å². The van der Waals surface area contributed by atoms with E-state index in [9.17, 15) is 9.90 Å². The molecular weight excluding hydrogens is 272 g/mol. The van der Waals surface area contributed by atoms with Crippen molar-refractivity contribution in [1.82, 2.24) is 5.48 Å². The van der Waals surface area contributed by atoms with Crippen LogP contribution in [0.5, 0.6) is 0 Å². The maximum Gasteiger partial charge on any atom is 0.340 e. The molecule has 1 saturated heterocycles. The predicted octanol–water partition coefficient (Wildman–Crippen LogP) is 1.56. The number of nitrogens with one attached hydrogen (secondary N) is 1. The minimum atomic E-state index is -1.42. The van der Waals surface area contributed by atoms with Gasteiger partial charge in [0.05, 0.1) is 23.8 Å². The summed E-state index contributed by atoms with van der Waals surface area (Å²) in [6.45, 7) is 4.03. The van der Waals surface area contributed by atoms with Gasteiger partial charge >= 0.3 is 5.97 Å². The van der Waals surface area contributed by atoms with Gasteiger partial charge in [0.2, 0.25) is 5.60 Å². The van der Waals surface area contributed by atoms with Gasteiger partial charge in [-0.2, -0.15) is 10.7 Å². The minimum absolute atomic E-state index is 0.0284. The highest BCUT2D eigenvalue weighted by atomic mass is 16.7. The number of nitrogens with zero attached hydrogens (tertiary/aromatic N) is 1. The molecule has 6 heteroatoms. The van der Waals surface area contributed by atoms with Gasteiger partial charge in [-0.15, -0.1) is 0 Å². The SMILES string of the molecule is CCOCC1(C(=O)O)CC(C)(c2cccc(C#N)c2)NO1. The molecule has 2 unspecified atom stereocenters. The average Bonchev–Trinajstić information content (AvgIpc) is 2.85. The fourth-order valence-corrected chi connectivity index (χ4v) is 2.47. The van der Waals surface area contributed by atoms with E-state index in [1.54, 1.807) is 25.1 Å². The molecule has 1 aliphatic rings. The molecule has 112 valence electrons. The van der Waals surface area contributed by atoms with Crippen LogP contribution in [-0.4, -0.2) is 29.9 Å². The second-order valence-corrected chi connectivity index (χ2v) is 5.34. The van der Waals surface area contributed by atoms with Crippen LogP contribution in [0.15, 0.2) is 24.3 Å².